The van der Waals surface area contributed by atoms with Gasteiger partial charge in [-0.05, 0) is 44.0 Å². The van der Waals surface area contributed by atoms with Crippen molar-refractivity contribution >= 4 is 23.6 Å². The number of benzene rings is 1. The van der Waals surface area contributed by atoms with E-state index in [9.17, 15) is 9.59 Å². The third-order valence-electron chi connectivity index (χ3n) is 4.72. The highest BCUT2D eigenvalue weighted by atomic mass is 32.2. The van der Waals surface area contributed by atoms with Crippen molar-refractivity contribution in [1.82, 2.24) is 14.7 Å². The molecule has 3 rings (SSSR count). The summed E-state index contributed by atoms with van der Waals surface area (Å²) in [4.78, 5) is 26.6. The molecule has 1 aromatic heterocycles. The van der Waals surface area contributed by atoms with Crippen LogP contribution in [-0.4, -0.2) is 57.1 Å². The number of carboxylic acids is 1. The minimum absolute atomic E-state index is 0.126. The van der Waals surface area contributed by atoms with Crippen molar-refractivity contribution in [3.8, 4) is 5.75 Å². The highest BCUT2D eigenvalue weighted by Gasteiger charge is 2.27. The van der Waals surface area contributed by atoms with Crippen LogP contribution in [-0.2, 0) is 4.79 Å². The van der Waals surface area contributed by atoms with Crippen LogP contribution in [0.3, 0.4) is 0 Å². The van der Waals surface area contributed by atoms with Gasteiger partial charge in [-0.2, -0.15) is 5.10 Å². The molecule has 7 nitrogen and oxygen atoms in total. The fourth-order valence-corrected chi connectivity index (χ4v) is 4.12. The van der Waals surface area contributed by atoms with Crippen LogP contribution >= 0.6 is 11.8 Å². The zero-order valence-corrected chi connectivity index (χ0v) is 16.2. The molecule has 2 heterocycles. The van der Waals surface area contributed by atoms with Gasteiger partial charge in [-0.25, -0.2) is 4.79 Å². The summed E-state index contributed by atoms with van der Waals surface area (Å²) < 4.78 is 6.86. The Morgan fingerprint density at radius 1 is 1.26 bits per heavy atom. The number of aromatic carboxylic acids is 1. The van der Waals surface area contributed by atoms with E-state index < -0.39 is 5.97 Å². The van der Waals surface area contributed by atoms with E-state index in [1.807, 2.05) is 36.1 Å². The van der Waals surface area contributed by atoms with Crippen LogP contribution in [0.2, 0.25) is 0 Å². The number of carbonyl (C=O) groups excluding carboxylic acids is 1. The van der Waals surface area contributed by atoms with Crippen molar-refractivity contribution in [1.29, 1.82) is 0 Å². The van der Waals surface area contributed by atoms with Crippen LogP contribution in [0, 0.1) is 0 Å². The van der Waals surface area contributed by atoms with E-state index in [2.05, 4.69) is 5.10 Å². The van der Waals surface area contributed by atoms with E-state index in [0.29, 0.717) is 13.1 Å². The number of hydrogen-bond donors (Lipinski definition) is 1. The fraction of sp³-hybridized carbons (Fsp3) is 0.421. The smallest absolute Gasteiger partial charge is 0.338 e. The van der Waals surface area contributed by atoms with Gasteiger partial charge >= 0.3 is 5.97 Å². The third kappa shape index (κ3) is 4.63. The Balaban J connectivity index is 1.53. The average Bonchev–Trinajstić information content (AvgIpc) is 3.18. The lowest BCUT2D eigenvalue weighted by molar-refractivity contribution is -0.131. The maximum Gasteiger partial charge on any atom is 0.338 e. The van der Waals surface area contributed by atoms with E-state index >= 15 is 0 Å². The van der Waals surface area contributed by atoms with Crippen LogP contribution < -0.4 is 4.74 Å². The summed E-state index contributed by atoms with van der Waals surface area (Å²) in [6, 6.07) is 7.82. The van der Waals surface area contributed by atoms with Gasteiger partial charge in [0.05, 0.1) is 30.2 Å². The molecule has 1 fully saturated rings. The Labute approximate surface area is 162 Å². The number of piperidine rings is 1. The monoisotopic (exact) mass is 389 g/mol. The molecule has 1 aliphatic rings. The van der Waals surface area contributed by atoms with Crippen molar-refractivity contribution in [2.45, 2.75) is 36.0 Å². The molecule has 0 spiro atoms. The molecule has 1 atom stereocenters. The minimum Gasteiger partial charge on any atom is -0.497 e. The van der Waals surface area contributed by atoms with E-state index in [4.69, 9.17) is 9.84 Å². The van der Waals surface area contributed by atoms with Crippen LogP contribution in [0.1, 0.15) is 36.2 Å². The van der Waals surface area contributed by atoms with Crippen LogP contribution in [0.4, 0.5) is 0 Å². The fourth-order valence-electron chi connectivity index (χ4n) is 3.16. The summed E-state index contributed by atoms with van der Waals surface area (Å²) in [7, 11) is 1.63. The quantitative estimate of drug-likeness (QED) is 0.765. The summed E-state index contributed by atoms with van der Waals surface area (Å²) in [5.41, 5.74) is 0.193. The third-order valence-corrected chi connectivity index (χ3v) is 5.82. The predicted octanol–water partition coefficient (Wildman–Crippen LogP) is 2.93. The first-order valence-corrected chi connectivity index (χ1v) is 9.73. The van der Waals surface area contributed by atoms with Crippen molar-refractivity contribution in [2.24, 2.45) is 0 Å². The van der Waals surface area contributed by atoms with Crippen LogP contribution in [0.15, 0.2) is 41.6 Å². The van der Waals surface area contributed by atoms with Crippen molar-refractivity contribution < 1.29 is 19.4 Å². The summed E-state index contributed by atoms with van der Waals surface area (Å²) in [5.74, 6) is -0.0516. The van der Waals surface area contributed by atoms with E-state index in [1.54, 1.807) is 18.0 Å². The number of hydrogen-bond acceptors (Lipinski definition) is 5. The molecule has 0 saturated carbocycles. The number of nitrogens with zero attached hydrogens (tertiary/aromatic N) is 3. The Kier molecular flexibility index (Phi) is 6.05. The van der Waals surface area contributed by atoms with Gasteiger partial charge in [-0.1, -0.05) is 0 Å². The molecule has 1 unspecified atom stereocenters. The first-order chi connectivity index (χ1) is 13.0. The highest BCUT2D eigenvalue weighted by molar-refractivity contribution is 8.00. The van der Waals surface area contributed by atoms with Gasteiger partial charge < -0.3 is 14.7 Å². The Hall–Kier alpha value is -2.48. The lowest BCUT2D eigenvalue weighted by Gasteiger charge is -2.33. The number of carbonyl (C=O) groups is 2. The Morgan fingerprint density at radius 2 is 1.93 bits per heavy atom. The minimum atomic E-state index is -0.974. The van der Waals surface area contributed by atoms with Gasteiger partial charge in [0.15, 0.2) is 0 Å². The van der Waals surface area contributed by atoms with Crippen LogP contribution in [0.25, 0.3) is 0 Å². The highest BCUT2D eigenvalue weighted by Crippen LogP contribution is 2.28. The first kappa shape index (κ1) is 19.3. The molecule has 1 aromatic carbocycles. The van der Waals surface area contributed by atoms with Crippen molar-refractivity contribution in [3.63, 3.8) is 0 Å². The van der Waals surface area contributed by atoms with Gasteiger partial charge in [-0.15, -0.1) is 11.8 Å². The van der Waals surface area contributed by atoms with Gasteiger partial charge in [0.1, 0.15) is 5.75 Å². The maximum atomic E-state index is 12.7. The standard InChI is InChI=1S/C19H23N3O4S/c1-13(27-17-5-3-16(26-2)4-6-17)18(23)21-9-7-15(8-10-21)22-12-14(11-20-22)19(24)25/h3-6,11-13,15H,7-10H2,1-2H3,(H,24,25). The SMILES string of the molecule is COc1ccc(SC(C)C(=O)N2CCC(n3cc(C(=O)O)cn3)CC2)cc1. The second kappa shape index (κ2) is 8.47. The predicted molar refractivity (Wildman–Crippen MR) is 102 cm³/mol. The summed E-state index contributed by atoms with van der Waals surface area (Å²) >= 11 is 1.54. The number of rotatable bonds is 6. The molecule has 1 amide bonds. The molecule has 2 aromatic rings. The van der Waals surface area contributed by atoms with Crippen molar-refractivity contribution in [3.05, 3.63) is 42.2 Å². The number of amides is 1. The second-order valence-electron chi connectivity index (χ2n) is 6.51. The molecule has 0 radical (unpaired) electrons. The molecule has 27 heavy (non-hydrogen) atoms. The van der Waals surface area contributed by atoms with Gasteiger partial charge in [0.2, 0.25) is 5.91 Å². The molecule has 8 heteroatoms. The zero-order chi connectivity index (χ0) is 19.4. The lowest BCUT2D eigenvalue weighted by atomic mass is 10.0. The molecule has 0 aliphatic carbocycles. The summed E-state index contributed by atoms with van der Waals surface area (Å²) in [6.07, 6.45) is 4.47. The topological polar surface area (TPSA) is 84.7 Å². The van der Waals surface area contributed by atoms with E-state index in [0.717, 1.165) is 23.5 Å². The molecular formula is C19H23N3O4S. The number of methoxy groups -OCH3 is 1. The first-order valence-electron chi connectivity index (χ1n) is 8.85. The Morgan fingerprint density at radius 3 is 2.48 bits per heavy atom. The lowest BCUT2D eigenvalue weighted by Crippen LogP contribution is -2.42. The molecule has 1 aliphatic heterocycles. The molecule has 144 valence electrons. The van der Waals surface area contributed by atoms with Crippen LogP contribution in [0.5, 0.6) is 5.75 Å². The van der Waals surface area contributed by atoms with Gasteiger partial charge in [0.25, 0.3) is 0 Å². The number of carboxylic acid groups (broad SMARTS) is 1. The summed E-state index contributed by atoms with van der Waals surface area (Å²) in [6.45, 7) is 3.23. The number of thioether (sulfide) groups is 1. The normalized spacial score (nSPS) is 16.1. The summed E-state index contributed by atoms with van der Waals surface area (Å²) in [5, 5.41) is 13.0. The number of ether oxygens (including phenoxy) is 1. The molecule has 1 saturated heterocycles. The number of likely N-dealkylation sites (tertiary alicyclic amines) is 1. The second-order valence-corrected chi connectivity index (χ2v) is 7.92. The van der Waals surface area contributed by atoms with Gasteiger partial charge in [0, 0.05) is 24.2 Å². The zero-order valence-electron chi connectivity index (χ0n) is 15.4. The maximum absolute atomic E-state index is 12.7. The van der Waals surface area contributed by atoms with E-state index in [1.165, 1.54) is 18.0 Å². The Bertz CT molecular complexity index is 798. The van der Waals surface area contributed by atoms with Crippen molar-refractivity contribution in [2.75, 3.05) is 20.2 Å². The van der Waals surface area contributed by atoms with E-state index in [-0.39, 0.29) is 22.8 Å². The largest absolute Gasteiger partial charge is 0.497 e. The number of aromatic nitrogens is 2. The van der Waals surface area contributed by atoms with Gasteiger partial charge in [-0.3, -0.25) is 9.48 Å². The molecular weight excluding hydrogens is 366 g/mol. The molecule has 1 N–H and O–H groups in total. The molecule has 0 bridgehead atoms. The average molecular weight is 389 g/mol.